The van der Waals surface area contributed by atoms with Crippen LogP contribution in [0, 0.1) is 0 Å². The fourth-order valence-corrected chi connectivity index (χ4v) is 1.99. The maximum absolute atomic E-state index is 10.8. The Bertz CT molecular complexity index is 139. The van der Waals surface area contributed by atoms with Crippen molar-refractivity contribution in [2.75, 3.05) is 5.75 Å². The Kier molecular flexibility index (Phi) is 6.20. The molecule has 2 atom stereocenters. The summed E-state index contributed by atoms with van der Waals surface area (Å²) >= 11 is 1.60. The third-order valence-electron chi connectivity index (χ3n) is 1.58. The van der Waals surface area contributed by atoms with E-state index in [0.29, 0.717) is 0 Å². The summed E-state index contributed by atoms with van der Waals surface area (Å²) < 4.78 is 0. The lowest BCUT2D eigenvalue weighted by atomic mass is 10.3. The molecule has 0 aliphatic heterocycles. The maximum atomic E-state index is 10.8. The average Bonchev–Trinajstić information content (AvgIpc) is 1.96. The van der Waals surface area contributed by atoms with Crippen LogP contribution in [-0.4, -0.2) is 23.0 Å². The topological polar surface area (TPSA) is 69.1 Å². The van der Waals surface area contributed by atoms with E-state index in [1.54, 1.807) is 11.8 Å². The first-order chi connectivity index (χ1) is 5.57. The third-order valence-corrected chi connectivity index (χ3v) is 3.02. The summed E-state index contributed by atoms with van der Waals surface area (Å²) in [5.74, 6) is 0.700. The lowest BCUT2D eigenvalue weighted by Crippen LogP contribution is -2.26. The Balaban J connectivity index is 3.52. The number of thioether (sulfide) groups is 1. The first-order valence-corrected chi connectivity index (χ1v) is 5.29. The summed E-state index contributed by atoms with van der Waals surface area (Å²) in [5, 5.41) is -0.0382. The van der Waals surface area contributed by atoms with Crippen LogP contribution in [0.25, 0.3) is 0 Å². The maximum Gasteiger partial charge on any atom is 0.230 e. The molecule has 0 aliphatic rings. The first-order valence-electron chi connectivity index (χ1n) is 4.24. The zero-order valence-electron chi connectivity index (χ0n) is 7.75. The van der Waals surface area contributed by atoms with Crippen molar-refractivity contribution in [2.45, 2.75) is 38.0 Å². The predicted molar refractivity (Wildman–Crippen MR) is 54.0 cm³/mol. The molecule has 4 N–H and O–H groups in total. The van der Waals surface area contributed by atoms with E-state index >= 15 is 0 Å². The fourth-order valence-electron chi connectivity index (χ4n) is 0.797. The molecule has 3 nitrogen and oxygen atoms in total. The zero-order valence-corrected chi connectivity index (χ0v) is 8.56. The normalized spacial score (nSPS) is 15.6. The molecule has 0 spiro atoms. The van der Waals surface area contributed by atoms with Crippen molar-refractivity contribution < 1.29 is 4.79 Å². The SMILES string of the molecule is CCC(SCCC(C)N)C(N)=O. The predicted octanol–water partition coefficient (Wildman–Crippen LogP) is 0.721. The van der Waals surface area contributed by atoms with Gasteiger partial charge in [-0.1, -0.05) is 6.92 Å². The molecule has 0 bridgehead atoms. The number of rotatable bonds is 6. The molecular weight excluding hydrogens is 172 g/mol. The molecule has 0 aromatic rings. The van der Waals surface area contributed by atoms with Crippen LogP contribution in [0.4, 0.5) is 0 Å². The van der Waals surface area contributed by atoms with Gasteiger partial charge in [0, 0.05) is 6.04 Å². The van der Waals surface area contributed by atoms with Crippen molar-refractivity contribution in [1.82, 2.24) is 0 Å². The number of primary amides is 1. The molecule has 72 valence electrons. The Labute approximate surface area is 78.3 Å². The Morgan fingerprint density at radius 2 is 2.17 bits per heavy atom. The fraction of sp³-hybridized carbons (Fsp3) is 0.875. The highest BCUT2D eigenvalue weighted by Gasteiger charge is 2.12. The van der Waals surface area contributed by atoms with Gasteiger partial charge in [-0.15, -0.1) is 11.8 Å². The van der Waals surface area contributed by atoms with Gasteiger partial charge in [0.1, 0.15) is 0 Å². The molecule has 0 fully saturated rings. The van der Waals surface area contributed by atoms with E-state index < -0.39 is 0 Å². The quantitative estimate of drug-likeness (QED) is 0.648. The molecule has 0 saturated heterocycles. The van der Waals surface area contributed by atoms with E-state index in [1.807, 2.05) is 13.8 Å². The van der Waals surface area contributed by atoms with Gasteiger partial charge in [0.25, 0.3) is 0 Å². The Hall–Kier alpha value is -0.220. The van der Waals surface area contributed by atoms with Crippen molar-refractivity contribution in [3.63, 3.8) is 0 Å². The number of carbonyl (C=O) groups is 1. The van der Waals surface area contributed by atoms with E-state index in [2.05, 4.69) is 0 Å². The van der Waals surface area contributed by atoms with Gasteiger partial charge in [0.15, 0.2) is 0 Å². The molecule has 0 saturated carbocycles. The van der Waals surface area contributed by atoms with Crippen molar-refractivity contribution in [3.05, 3.63) is 0 Å². The van der Waals surface area contributed by atoms with Crippen LogP contribution in [0.3, 0.4) is 0 Å². The van der Waals surface area contributed by atoms with E-state index in [-0.39, 0.29) is 17.2 Å². The van der Waals surface area contributed by atoms with E-state index in [4.69, 9.17) is 11.5 Å². The van der Waals surface area contributed by atoms with Gasteiger partial charge in [-0.25, -0.2) is 0 Å². The van der Waals surface area contributed by atoms with Gasteiger partial charge < -0.3 is 11.5 Å². The summed E-state index contributed by atoms with van der Waals surface area (Å²) in [5.41, 5.74) is 10.7. The minimum absolute atomic E-state index is 0.0382. The highest BCUT2D eigenvalue weighted by Crippen LogP contribution is 2.15. The van der Waals surface area contributed by atoms with Gasteiger partial charge in [0.05, 0.1) is 5.25 Å². The van der Waals surface area contributed by atoms with E-state index in [1.165, 1.54) is 0 Å². The van der Waals surface area contributed by atoms with Gasteiger partial charge >= 0.3 is 0 Å². The Morgan fingerprint density at radius 3 is 2.50 bits per heavy atom. The molecular formula is C8H18N2OS. The molecule has 0 aliphatic carbocycles. The smallest absolute Gasteiger partial charge is 0.230 e. The minimum Gasteiger partial charge on any atom is -0.369 e. The Morgan fingerprint density at radius 1 is 1.58 bits per heavy atom. The number of carbonyl (C=O) groups excluding carboxylic acids is 1. The van der Waals surface area contributed by atoms with Crippen molar-refractivity contribution in [3.8, 4) is 0 Å². The number of amides is 1. The van der Waals surface area contributed by atoms with Crippen LogP contribution in [0.2, 0.25) is 0 Å². The third kappa shape index (κ3) is 5.43. The van der Waals surface area contributed by atoms with Gasteiger partial charge in [-0.3, -0.25) is 4.79 Å². The van der Waals surface area contributed by atoms with E-state index in [0.717, 1.165) is 18.6 Å². The highest BCUT2D eigenvalue weighted by molar-refractivity contribution is 8.00. The summed E-state index contributed by atoms with van der Waals surface area (Å²) in [4.78, 5) is 10.8. The van der Waals surface area contributed by atoms with Crippen LogP contribution in [0.15, 0.2) is 0 Å². The number of hydrogen-bond acceptors (Lipinski definition) is 3. The monoisotopic (exact) mass is 190 g/mol. The van der Waals surface area contributed by atoms with Crippen LogP contribution in [0.1, 0.15) is 26.7 Å². The van der Waals surface area contributed by atoms with Gasteiger partial charge in [-0.05, 0) is 25.5 Å². The second kappa shape index (κ2) is 6.31. The first kappa shape index (κ1) is 11.8. The molecule has 0 aromatic carbocycles. The summed E-state index contributed by atoms with van der Waals surface area (Å²) in [7, 11) is 0. The highest BCUT2D eigenvalue weighted by atomic mass is 32.2. The van der Waals surface area contributed by atoms with Crippen molar-refractivity contribution in [2.24, 2.45) is 11.5 Å². The molecule has 12 heavy (non-hydrogen) atoms. The zero-order chi connectivity index (χ0) is 9.56. The van der Waals surface area contributed by atoms with Gasteiger partial charge in [-0.2, -0.15) is 0 Å². The van der Waals surface area contributed by atoms with Crippen LogP contribution >= 0.6 is 11.8 Å². The van der Waals surface area contributed by atoms with Gasteiger partial charge in [0.2, 0.25) is 5.91 Å². The summed E-state index contributed by atoms with van der Waals surface area (Å²) in [6.45, 7) is 3.93. The van der Waals surface area contributed by atoms with E-state index in [9.17, 15) is 4.79 Å². The molecule has 0 aromatic heterocycles. The molecule has 4 heteroatoms. The largest absolute Gasteiger partial charge is 0.369 e. The summed E-state index contributed by atoms with van der Waals surface area (Å²) in [6, 6.07) is 0.211. The lowest BCUT2D eigenvalue weighted by Gasteiger charge is -2.10. The van der Waals surface area contributed by atoms with Crippen LogP contribution < -0.4 is 11.5 Å². The molecule has 0 radical (unpaired) electrons. The minimum atomic E-state index is -0.216. The van der Waals surface area contributed by atoms with Crippen LogP contribution in [-0.2, 0) is 4.79 Å². The number of hydrogen-bond donors (Lipinski definition) is 2. The molecule has 1 amide bonds. The van der Waals surface area contributed by atoms with Crippen LogP contribution in [0.5, 0.6) is 0 Å². The van der Waals surface area contributed by atoms with Crippen molar-refractivity contribution >= 4 is 17.7 Å². The molecule has 2 unspecified atom stereocenters. The number of nitrogens with two attached hydrogens (primary N) is 2. The average molecular weight is 190 g/mol. The molecule has 0 heterocycles. The summed E-state index contributed by atoms with van der Waals surface area (Å²) in [6.07, 6.45) is 1.74. The molecule has 0 rings (SSSR count). The second-order valence-corrected chi connectivity index (χ2v) is 4.25. The van der Waals surface area contributed by atoms with Crippen molar-refractivity contribution in [1.29, 1.82) is 0 Å². The second-order valence-electron chi connectivity index (χ2n) is 2.94. The lowest BCUT2D eigenvalue weighted by molar-refractivity contribution is -0.117. The standard InChI is InChI=1S/C8H18N2OS/c1-3-7(8(10)11)12-5-4-6(2)9/h6-7H,3-5,9H2,1-2H3,(H2,10,11).